The van der Waals surface area contributed by atoms with Gasteiger partial charge in [0.25, 0.3) is 0 Å². The maximum Gasteiger partial charge on any atom is 0.113 e. The van der Waals surface area contributed by atoms with Gasteiger partial charge in [-0.05, 0) is 32.8 Å². The molecule has 0 unspecified atom stereocenters. The first-order valence-electron chi connectivity index (χ1n) is 9.00. The third kappa shape index (κ3) is 2.62. The summed E-state index contributed by atoms with van der Waals surface area (Å²) < 4.78 is 0. The van der Waals surface area contributed by atoms with Crippen LogP contribution in [0.25, 0.3) is 22.4 Å². The second-order valence-electron chi connectivity index (χ2n) is 8.61. The second kappa shape index (κ2) is 5.51. The minimum atomic E-state index is -1.61. The Morgan fingerprint density at radius 1 is 0.800 bits per heavy atom. The van der Waals surface area contributed by atoms with E-state index in [9.17, 15) is 0 Å². The van der Waals surface area contributed by atoms with Gasteiger partial charge in [0.1, 0.15) is 8.07 Å². The van der Waals surface area contributed by atoms with E-state index in [0.717, 1.165) is 5.69 Å². The first-order chi connectivity index (χ1) is 11.8. The molecule has 0 radical (unpaired) electrons. The molecule has 3 heteroatoms. The summed E-state index contributed by atoms with van der Waals surface area (Å²) >= 11 is 0. The van der Waals surface area contributed by atoms with E-state index in [-0.39, 0.29) is 0 Å². The van der Waals surface area contributed by atoms with Crippen LogP contribution in [-0.2, 0) is 0 Å². The summed E-state index contributed by atoms with van der Waals surface area (Å²) in [4.78, 5) is 4.79. The first-order valence-corrected chi connectivity index (χ1v) is 15.5. The highest BCUT2D eigenvalue weighted by Crippen LogP contribution is 2.30. The highest BCUT2D eigenvalue weighted by atomic mass is 28.3. The van der Waals surface area contributed by atoms with Gasteiger partial charge in [-0.25, -0.2) is 0 Å². The van der Waals surface area contributed by atoms with Gasteiger partial charge in [0, 0.05) is 11.8 Å². The molecule has 0 amide bonds. The van der Waals surface area contributed by atoms with E-state index in [4.69, 9.17) is 4.98 Å². The molecule has 1 nitrogen and oxygen atoms in total. The van der Waals surface area contributed by atoms with Gasteiger partial charge >= 0.3 is 0 Å². The Morgan fingerprint density at radius 2 is 1.52 bits per heavy atom. The average molecular weight is 360 g/mol. The predicted octanol–water partition coefficient (Wildman–Crippen LogP) is 4.10. The Hall–Kier alpha value is -1.98. The highest BCUT2D eigenvalue weighted by molar-refractivity contribution is 7.03. The van der Waals surface area contributed by atoms with Gasteiger partial charge in [-0.1, -0.05) is 81.3 Å². The van der Waals surface area contributed by atoms with Crippen molar-refractivity contribution in [3.63, 3.8) is 0 Å². The Labute approximate surface area is 152 Å². The number of fused-ring (bicyclic) bond motifs is 3. The van der Waals surface area contributed by atoms with Crippen molar-refractivity contribution in [2.45, 2.75) is 32.7 Å². The quantitative estimate of drug-likeness (QED) is 0.628. The van der Waals surface area contributed by atoms with Gasteiger partial charge in [0.05, 0.1) is 13.8 Å². The van der Waals surface area contributed by atoms with Crippen LogP contribution in [0.2, 0.25) is 32.7 Å². The standard InChI is InChI=1S/C22H25NSi2/c1-24(2,3)17-11-13-20(23-15-17)16-10-12-19-18-8-6-7-9-21(18)25(4,5)22(19)14-16/h6-15H,1-5H3. The fraction of sp³-hybridized carbons (Fsp3) is 0.227. The minimum absolute atomic E-state index is 1.09. The number of aromatic nitrogens is 1. The smallest absolute Gasteiger partial charge is 0.113 e. The van der Waals surface area contributed by atoms with Crippen LogP contribution in [0.3, 0.4) is 0 Å². The van der Waals surface area contributed by atoms with Gasteiger partial charge in [-0.3, -0.25) is 4.98 Å². The van der Waals surface area contributed by atoms with Crippen LogP contribution in [0.4, 0.5) is 0 Å². The summed E-state index contributed by atoms with van der Waals surface area (Å²) in [6.07, 6.45) is 2.09. The van der Waals surface area contributed by atoms with Crippen molar-refractivity contribution in [1.29, 1.82) is 0 Å². The average Bonchev–Trinajstić information content (AvgIpc) is 2.82. The lowest BCUT2D eigenvalue weighted by Crippen LogP contribution is -2.49. The maximum atomic E-state index is 4.79. The molecule has 1 aromatic heterocycles. The molecule has 0 saturated heterocycles. The molecule has 1 aliphatic heterocycles. The van der Waals surface area contributed by atoms with Crippen molar-refractivity contribution < 1.29 is 0 Å². The largest absolute Gasteiger partial charge is 0.256 e. The maximum absolute atomic E-state index is 4.79. The van der Waals surface area contributed by atoms with Crippen LogP contribution < -0.4 is 15.6 Å². The summed E-state index contributed by atoms with van der Waals surface area (Å²) in [5.74, 6) is 0. The zero-order chi connectivity index (χ0) is 17.8. The number of hydrogen-bond donors (Lipinski definition) is 0. The Bertz CT molecular complexity index is 951. The number of benzene rings is 2. The van der Waals surface area contributed by atoms with Crippen molar-refractivity contribution in [2.75, 3.05) is 0 Å². The third-order valence-electron chi connectivity index (χ3n) is 5.51. The summed E-state index contributed by atoms with van der Waals surface area (Å²) in [6.45, 7) is 12.0. The van der Waals surface area contributed by atoms with Crippen LogP contribution in [0.15, 0.2) is 60.8 Å². The number of nitrogens with zero attached hydrogens (tertiary/aromatic N) is 1. The number of hydrogen-bond acceptors (Lipinski definition) is 1. The lowest BCUT2D eigenvalue weighted by atomic mass is 10.0. The van der Waals surface area contributed by atoms with Crippen LogP contribution >= 0.6 is 0 Å². The van der Waals surface area contributed by atoms with E-state index in [1.54, 1.807) is 10.4 Å². The molecule has 126 valence electrons. The number of rotatable bonds is 2. The molecule has 0 aliphatic carbocycles. The molecule has 0 bridgehead atoms. The molecule has 0 saturated carbocycles. The molecule has 1 aliphatic rings. The molecule has 3 aromatic rings. The van der Waals surface area contributed by atoms with Crippen molar-refractivity contribution in [2.24, 2.45) is 0 Å². The molecular weight excluding hydrogens is 334 g/mol. The summed E-state index contributed by atoms with van der Waals surface area (Å²) in [7, 11) is -2.90. The van der Waals surface area contributed by atoms with E-state index in [1.807, 2.05) is 0 Å². The normalized spacial score (nSPS) is 14.9. The van der Waals surface area contributed by atoms with Gasteiger partial charge < -0.3 is 0 Å². The zero-order valence-corrected chi connectivity index (χ0v) is 17.7. The van der Waals surface area contributed by atoms with Crippen molar-refractivity contribution in [3.05, 3.63) is 60.8 Å². The SMILES string of the molecule is C[Si](C)(C)c1ccc(-c2ccc3c(c2)[Si](C)(C)c2ccccc2-3)nc1. The van der Waals surface area contributed by atoms with Gasteiger partial charge in [0.2, 0.25) is 0 Å². The molecule has 25 heavy (non-hydrogen) atoms. The molecular formula is C22H25NSi2. The van der Waals surface area contributed by atoms with Crippen molar-refractivity contribution >= 4 is 31.7 Å². The second-order valence-corrected chi connectivity index (χ2v) is 18.0. The van der Waals surface area contributed by atoms with E-state index in [2.05, 4.69) is 93.5 Å². The fourth-order valence-electron chi connectivity index (χ4n) is 3.87. The predicted molar refractivity (Wildman–Crippen MR) is 115 cm³/mol. The van der Waals surface area contributed by atoms with Crippen LogP contribution in [0.1, 0.15) is 0 Å². The Morgan fingerprint density at radius 3 is 2.20 bits per heavy atom. The van der Waals surface area contributed by atoms with E-state index in [0.29, 0.717) is 0 Å². The molecule has 0 spiro atoms. The Kier molecular flexibility index (Phi) is 3.64. The number of pyridine rings is 1. The van der Waals surface area contributed by atoms with Crippen molar-refractivity contribution in [1.82, 2.24) is 4.98 Å². The summed E-state index contributed by atoms with van der Waals surface area (Å²) in [5, 5.41) is 4.52. The third-order valence-corrected chi connectivity index (χ3v) is 11.1. The van der Waals surface area contributed by atoms with E-state index in [1.165, 1.54) is 21.9 Å². The summed E-state index contributed by atoms with van der Waals surface area (Å²) in [6, 6.07) is 20.4. The fourth-order valence-corrected chi connectivity index (χ4v) is 8.01. The van der Waals surface area contributed by atoms with E-state index < -0.39 is 16.1 Å². The first kappa shape index (κ1) is 16.5. The monoisotopic (exact) mass is 359 g/mol. The molecule has 0 atom stereocenters. The van der Waals surface area contributed by atoms with Gasteiger partial charge in [-0.15, -0.1) is 0 Å². The van der Waals surface area contributed by atoms with Gasteiger partial charge in [-0.2, -0.15) is 0 Å². The van der Waals surface area contributed by atoms with Crippen LogP contribution in [-0.4, -0.2) is 21.1 Å². The lowest BCUT2D eigenvalue weighted by molar-refractivity contribution is 1.34. The molecule has 0 fully saturated rings. The summed E-state index contributed by atoms with van der Waals surface area (Å²) in [5.41, 5.74) is 5.19. The van der Waals surface area contributed by atoms with Crippen LogP contribution in [0.5, 0.6) is 0 Å². The van der Waals surface area contributed by atoms with Gasteiger partial charge in [0.15, 0.2) is 0 Å². The highest BCUT2D eigenvalue weighted by Gasteiger charge is 2.37. The zero-order valence-electron chi connectivity index (χ0n) is 15.7. The minimum Gasteiger partial charge on any atom is -0.256 e. The molecule has 4 rings (SSSR count). The van der Waals surface area contributed by atoms with Crippen molar-refractivity contribution in [3.8, 4) is 22.4 Å². The van der Waals surface area contributed by atoms with Crippen LogP contribution in [0, 0.1) is 0 Å². The topological polar surface area (TPSA) is 12.9 Å². The van der Waals surface area contributed by atoms with E-state index >= 15 is 0 Å². The molecule has 0 N–H and O–H groups in total. The molecule has 2 heterocycles. The lowest BCUT2D eigenvalue weighted by Gasteiger charge is -2.19. The Balaban J connectivity index is 1.80. The molecule has 2 aromatic carbocycles.